The Morgan fingerprint density at radius 1 is 0.448 bits per heavy atom. The predicted octanol–water partition coefficient (Wildman–Crippen LogP) is 18.0. The number of aliphatic hydroxyl groups is 2. The SMILES string of the molecule is CC/C=C\C/C=C\C/C=C\C/C=C\C/C=C\CCCCCC(=O)OC(CCCCCCCCCCCCCCCCCCC)CC(=O)NC(CO)C(O)CCCCCCCCCCCCCC. The number of amides is 1. The van der Waals surface area contributed by atoms with Gasteiger partial charge in [0.05, 0.1) is 25.2 Å². The van der Waals surface area contributed by atoms with Gasteiger partial charge in [-0.05, 0) is 70.6 Å². The lowest BCUT2D eigenvalue weighted by Crippen LogP contribution is -2.46. The second-order valence-electron chi connectivity index (χ2n) is 19.7. The van der Waals surface area contributed by atoms with Crippen LogP contribution in [0.5, 0.6) is 0 Å². The molecule has 1 amide bonds. The van der Waals surface area contributed by atoms with Gasteiger partial charge in [-0.2, -0.15) is 0 Å². The zero-order chi connectivity index (χ0) is 48.8. The Labute approximate surface area is 416 Å². The van der Waals surface area contributed by atoms with Gasteiger partial charge in [0.2, 0.25) is 5.91 Å². The average Bonchev–Trinajstić information content (AvgIpc) is 3.32. The first-order chi connectivity index (χ1) is 33.0. The molecule has 0 heterocycles. The van der Waals surface area contributed by atoms with E-state index in [0.717, 1.165) is 89.9 Å². The highest BCUT2D eigenvalue weighted by Crippen LogP contribution is 2.19. The summed E-state index contributed by atoms with van der Waals surface area (Å²) in [7, 11) is 0. The van der Waals surface area contributed by atoms with Crippen LogP contribution in [0, 0.1) is 0 Å². The van der Waals surface area contributed by atoms with Crippen molar-refractivity contribution in [2.75, 3.05) is 6.61 Å². The molecule has 0 aliphatic heterocycles. The van der Waals surface area contributed by atoms with Crippen LogP contribution in [0.4, 0.5) is 0 Å². The molecule has 3 N–H and O–H groups in total. The monoisotopic (exact) mass is 938 g/mol. The Morgan fingerprint density at radius 2 is 0.806 bits per heavy atom. The topological polar surface area (TPSA) is 95.9 Å². The van der Waals surface area contributed by atoms with E-state index in [1.807, 2.05) is 0 Å². The summed E-state index contributed by atoms with van der Waals surface area (Å²) in [5.74, 6) is -0.500. The zero-order valence-corrected chi connectivity index (χ0v) is 44.5. The van der Waals surface area contributed by atoms with Crippen LogP contribution in [-0.4, -0.2) is 46.9 Å². The molecule has 0 fully saturated rings. The van der Waals surface area contributed by atoms with E-state index in [-0.39, 0.29) is 24.9 Å². The summed E-state index contributed by atoms with van der Waals surface area (Å²) in [4.78, 5) is 26.3. The molecule has 0 aliphatic rings. The second-order valence-corrected chi connectivity index (χ2v) is 19.7. The Hall–Kier alpha value is -2.44. The molecule has 3 atom stereocenters. The van der Waals surface area contributed by atoms with Gasteiger partial charge >= 0.3 is 5.97 Å². The molecule has 0 aromatic heterocycles. The molecule has 6 heteroatoms. The summed E-state index contributed by atoms with van der Waals surface area (Å²) in [6.45, 7) is 6.39. The molecule has 0 saturated carbocycles. The molecule has 0 saturated heterocycles. The number of hydrogen-bond donors (Lipinski definition) is 3. The van der Waals surface area contributed by atoms with E-state index in [2.05, 4.69) is 86.8 Å². The Balaban J connectivity index is 4.61. The largest absolute Gasteiger partial charge is 0.462 e. The van der Waals surface area contributed by atoms with E-state index < -0.39 is 18.2 Å². The van der Waals surface area contributed by atoms with Crippen LogP contribution in [0.2, 0.25) is 0 Å². The summed E-state index contributed by atoms with van der Waals surface area (Å²) in [6.07, 6.45) is 68.6. The normalized spacial score (nSPS) is 13.6. The van der Waals surface area contributed by atoms with Gasteiger partial charge in [0.1, 0.15) is 6.10 Å². The average molecular weight is 939 g/mol. The molecule has 0 bridgehead atoms. The van der Waals surface area contributed by atoms with Crippen molar-refractivity contribution < 1.29 is 24.5 Å². The van der Waals surface area contributed by atoms with Crippen LogP contribution in [0.1, 0.15) is 290 Å². The Bertz CT molecular complexity index is 1190. The molecule has 390 valence electrons. The minimum absolute atomic E-state index is 0.0660. The summed E-state index contributed by atoms with van der Waals surface area (Å²) < 4.78 is 5.95. The first-order valence-corrected chi connectivity index (χ1v) is 29.0. The third-order valence-corrected chi connectivity index (χ3v) is 13.1. The number of nitrogens with one attached hydrogen (secondary N) is 1. The molecule has 0 rings (SSSR count). The molecule has 0 aromatic carbocycles. The lowest BCUT2D eigenvalue weighted by molar-refractivity contribution is -0.151. The van der Waals surface area contributed by atoms with Crippen LogP contribution in [0.15, 0.2) is 60.8 Å². The number of rotatable bonds is 52. The number of allylic oxidation sites excluding steroid dienone is 10. The maximum atomic E-state index is 13.3. The smallest absolute Gasteiger partial charge is 0.306 e. The van der Waals surface area contributed by atoms with Crippen molar-refractivity contribution in [1.29, 1.82) is 0 Å². The lowest BCUT2D eigenvalue weighted by Gasteiger charge is -2.24. The van der Waals surface area contributed by atoms with E-state index in [4.69, 9.17) is 4.74 Å². The predicted molar refractivity (Wildman–Crippen MR) is 292 cm³/mol. The van der Waals surface area contributed by atoms with E-state index in [1.54, 1.807) is 0 Å². The van der Waals surface area contributed by atoms with E-state index in [1.165, 1.54) is 154 Å². The minimum Gasteiger partial charge on any atom is -0.462 e. The summed E-state index contributed by atoms with van der Waals surface area (Å²) in [6, 6.07) is -0.708. The van der Waals surface area contributed by atoms with Crippen molar-refractivity contribution in [2.45, 2.75) is 309 Å². The molecule has 0 aromatic rings. The number of ether oxygens (including phenoxy) is 1. The van der Waals surface area contributed by atoms with Gasteiger partial charge in [-0.1, -0.05) is 268 Å². The van der Waals surface area contributed by atoms with Crippen molar-refractivity contribution in [3.63, 3.8) is 0 Å². The lowest BCUT2D eigenvalue weighted by atomic mass is 10.0. The molecule has 0 spiro atoms. The molecule has 6 nitrogen and oxygen atoms in total. The molecule has 67 heavy (non-hydrogen) atoms. The van der Waals surface area contributed by atoms with E-state index in [9.17, 15) is 19.8 Å². The Kier molecular flexibility index (Phi) is 52.5. The van der Waals surface area contributed by atoms with Gasteiger partial charge in [0, 0.05) is 6.42 Å². The molecular weight excluding hydrogens is 827 g/mol. The van der Waals surface area contributed by atoms with Gasteiger partial charge in [0.25, 0.3) is 0 Å². The Morgan fingerprint density at radius 3 is 1.21 bits per heavy atom. The van der Waals surface area contributed by atoms with Gasteiger partial charge in [-0.25, -0.2) is 0 Å². The van der Waals surface area contributed by atoms with Crippen molar-refractivity contribution in [3.05, 3.63) is 60.8 Å². The van der Waals surface area contributed by atoms with Gasteiger partial charge < -0.3 is 20.3 Å². The third-order valence-electron chi connectivity index (χ3n) is 13.1. The number of aliphatic hydroxyl groups excluding tert-OH is 2. The quantitative estimate of drug-likeness (QED) is 0.0321. The molecule has 3 unspecified atom stereocenters. The first-order valence-electron chi connectivity index (χ1n) is 29.0. The fourth-order valence-corrected chi connectivity index (χ4v) is 8.75. The minimum atomic E-state index is -0.794. The second kappa shape index (κ2) is 54.5. The number of unbranched alkanes of at least 4 members (excludes halogenated alkanes) is 30. The fourth-order valence-electron chi connectivity index (χ4n) is 8.75. The van der Waals surface area contributed by atoms with Crippen LogP contribution in [0.3, 0.4) is 0 Å². The van der Waals surface area contributed by atoms with Gasteiger partial charge in [-0.3, -0.25) is 9.59 Å². The van der Waals surface area contributed by atoms with Crippen LogP contribution < -0.4 is 5.32 Å². The maximum absolute atomic E-state index is 13.3. The highest BCUT2D eigenvalue weighted by Gasteiger charge is 2.24. The molecule has 0 aliphatic carbocycles. The van der Waals surface area contributed by atoms with Crippen molar-refractivity contribution >= 4 is 11.9 Å². The maximum Gasteiger partial charge on any atom is 0.306 e. The molecule has 0 radical (unpaired) electrons. The van der Waals surface area contributed by atoms with Crippen molar-refractivity contribution in [1.82, 2.24) is 5.32 Å². The summed E-state index contributed by atoms with van der Waals surface area (Å²) in [5.41, 5.74) is 0. The number of carbonyl (C=O) groups excluding carboxylic acids is 2. The highest BCUT2D eigenvalue weighted by molar-refractivity contribution is 5.77. The van der Waals surface area contributed by atoms with Crippen molar-refractivity contribution in [3.8, 4) is 0 Å². The van der Waals surface area contributed by atoms with Gasteiger partial charge in [0.15, 0.2) is 0 Å². The number of carbonyl (C=O) groups is 2. The molecular formula is C61H111NO5. The first kappa shape index (κ1) is 64.6. The number of esters is 1. The van der Waals surface area contributed by atoms with E-state index >= 15 is 0 Å². The summed E-state index contributed by atoms with van der Waals surface area (Å²) in [5, 5.41) is 23.9. The standard InChI is InChI=1S/C61H111NO5/c1-4-7-10-13-16-19-22-25-27-29-30-32-34-36-39-42-45-48-51-54-61(66)67-57(52-49-46-43-40-37-35-33-31-28-26-23-20-17-14-11-8-5-2)55-60(65)62-58(56-63)59(64)53-50-47-44-41-38-24-21-18-15-12-9-6-3/h7,10,16,19,25,27,30,32,36,39,57-59,63-64H,4-6,8-9,11-15,17-18,20-24,26,28-29,31,33-35,37-38,40-56H2,1-3H3,(H,62,65)/b10-7-,19-16-,27-25-,32-30-,39-36-. The third kappa shape index (κ3) is 49.8. The van der Waals surface area contributed by atoms with Crippen molar-refractivity contribution in [2.24, 2.45) is 0 Å². The fraction of sp³-hybridized carbons (Fsp3) is 0.803. The highest BCUT2D eigenvalue weighted by atomic mass is 16.5. The van der Waals surface area contributed by atoms with Crippen LogP contribution >= 0.6 is 0 Å². The van der Waals surface area contributed by atoms with E-state index in [0.29, 0.717) is 19.3 Å². The van der Waals surface area contributed by atoms with Gasteiger partial charge in [-0.15, -0.1) is 0 Å². The van der Waals surface area contributed by atoms with Crippen LogP contribution in [-0.2, 0) is 14.3 Å². The van der Waals surface area contributed by atoms with Crippen LogP contribution in [0.25, 0.3) is 0 Å². The number of hydrogen-bond acceptors (Lipinski definition) is 5. The zero-order valence-electron chi connectivity index (χ0n) is 44.5. The summed E-state index contributed by atoms with van der Waals surface area (Å²) >= 11 is 0.